The summed E-state index contributed by atoms with van der Waals surface area (Å²) in [5.74, 6) is -2.14. The quantitative estimate of drug-likeness (QED) is 0.556. The van der Waals surface area contributed by atoms with Gasteiger partial charge in [0.05, 0.1) is 5.52 Å². The van der Waals surface area contributed by atoms with E-state index in [-0.39, 0.29) is 18.9 Å². The number of alkyl halides is 3. The molecule has 2 heterocycles. The molecule has 1 aromatic carbocycles. The van der Waals surface area contributed by atoms with Gasteiger partial charge in [-0.1, -0.05) is 31.0 Å². The summed E-state index contributed by atoms with van der Waals surface area (Å²) in [5, 5.41) is 0.828. The molecule has 1 saturated carbocycles. The van der Waals surface area contributed by atoms with Gasteiger partial charge in [0.2, 0.25) is 0 Å². The van der Waals surface area contributed by atoms with Crippen molar-refractivity contribution in [3.63, 3.8) is 0 Å². The molecule has 0 saturated heterocycles. The van der Waals surface area contributed by atoms with Gasteiger partial charge in [0.1, 0.15) is 5.60 Å². The second-order valence-electron chi connectivity index (χ2n) is 9.40. The fourth-order valence-corrected chi connectivity index (χ4v) is 5.10. The zero-order valence-corrected chi connectivity index (χ0v) is 18.0. The third-order valence-corrected chi connectivity index (χ3v) is 6.18. The Balaban J connectivity index is 1.89. The second kappa shape index (κ2) is 7.57. The first-order valence-corrected chi connectivity index (χ1v) is 10.7. The molecule has 2 atom stereocenters. The monoisotopic (exact) mass is 436 g/mol. The molecule has 0 unspecified atom stereocenters. The van der Waals surface area contributed by atoms with Crippen molar-refractivity contribution in [1.82, 2.24) is 9.47 Å². The van der Waals surface area contributed by atoms with Gasteiger partial charge in [-0.25, -0.2) is 9.36 Å². The predicted octanol–water partition coefficient (Wildman–Crippen LogP) is 5.40. The van der Waals surface area contributed by atoms with Crippen molar-refractivity contribution in [3.8, 4) is 0 Å². The minimum Gasteiger partial charge on any atom is -0.443 e. The maximum atomic E-state index is 13.4. The topological polar surface area (TPSA) is 51.5 Å². The first kappa shape index (κ1) is 21.7. The van der Waals surface area contributed by atoms with Gasteiger partial charge in [0.25, 0.3) is 0 Å². The van der Waals surface area contributed by atoms with Crippen molar-refractivity contribution in [2.45, 2.75) is 76.6 Å². The van der Waals surface area contributed by atoms with Crippen LogP contribution in [0.25, 0.3) is 10.9 Å². The number of aromatic nitrogens is 1. The Bertz CT molecular complexity index is 1020. The molecule has 31 heavy (non-hydrogen) atoms. The number of ether oxygens (including phenoxy) is 1. The molecular weight excluding hydrogens is 409 g/mol. The van der Waals surface area contributed by atoms with Gasteiger partial charge in [-0.2, -0.15) is 13.2 Å². The molecule has 168 valence electrons. The molecular formula is C23H27F3N2O3. The SMILES string of the molecule is CC(C)(C)OC(=O)n1c2c(c3ccccc31)CCN(C(=O)C(F)(F)F)[C@H]1CCCC[C@H]21. The summed E-state index contributed by atoms with van der Waals surface area (Å²) in [6.45, 7) is 5.32. The van der Waals surface area contributed by atoms with Crippen LogP contribution < -0.4 is 0 Å². The van der Waals surface area contributed by atoms with E-state index in [4.69, 9.17) is 4.74 Å². The summed E-state index contributed by atoms with van der Waals surface area (Å²) in [7, 11) is 0. The highest BCUT2D eigenvalue weighted by molar-refractivity contribution is 5.94. The number of carbonyl (C=O) groups excluding carboxylic acids is 2. The van der Waals surface area contributed by atoms with Crippen LogP contribution in [0.4, 0.5) is 18.0 Å². The van der Waals surface area contributed by atoms with Crippen LogP contribution >= 0.6 is 0 Å². The van der Waals surface area contributed by atoms with Crippen molar-refractivity contribution < 1.29 is 27.5 Å². The third-order valence-electron chi connectivity index (χ3n) is 6.18. The third kappa shape index (κ3) is 3.92. The Morgan fingerprint density at radius 3 is 2.42 bits per heavy atom. The molecule has 2 aliphatic rings. The van der Waals surface area contributed by atoms with Crippen LogP contribution in [0.2, 0.25) is 0 Å². The van der Waals surface area contributed by atoms with Crippen LogP contribution in [-0.2, 0) is 16.0 Å². The highest BCUT2D eigenvalue weighted by atomic mass is 19.4. The molecule has 0 radical (unpaired) electrons. The number of benzene rings is 1. The summed E-state index contributed by atoms with van der Waals surface area (Å²) in [4.78, 5) is 26.5. The van der Waals surface area contributed by atoms with E-state index in [1.807, 2.05) is 24.3 Å². The van der Waals surface area contributed by atoms with Crippen LogP contribution in [0.15, 0.2) is 24.3 Å². The molecule has 0 N–H and O–H groups in total. The fraction of sp³-hybridized carbons (Fsp3) is 0.565. The molecule has 1 fully saturated rings. The lowest BCUT2D eigenvalue weighted by atomic mass is 9.81. The van der Waals surface area contributed by atoms with Gasteiger partial charge in [0, 0.05) is 29.6 Å². The Labute approximate surface area is 179 Å². The minimum absolute atomic E-state index is 0.0190. The van der Waals surface area contributed by atoms with Gasteiger partial charge >= 0.3 is 18.2 Å². The molecule has 2 aromatic rings. The van der Waals surface area contributed by atoms with E-state index in [0.717, 1.165) is 28.7 Å². The van der Waals surface area contributed by atoms with E-state index < -0.39 is 29.8 Å². The lowest BCUT2D eigenvalue weighted by Crippen LogP contribution is -2.50. The van der Waals surface area contributed by atoms with Crippen LogP contribution in [0, 0.1) is 0 Å². The highest BCUT2D eigenvalue weighted by Gasteiger charge is 2.48. The van der Waals surface area contributed by atoms with Crippen LogP contribution in [0.3, 0.4) is 0 Å². The Morgan fingerprint density at radius 1 is 1.06 bits per heavy atom. The highest BCUT2D eigenvalue weighted by Crippen LogP contribution is 2.44. The first-order chi connectivity index (χ1) is 14.5. The maximum absolute atomic E-state index is 13.4. The summed E-state index contributed by atoms with van der Waals surface area (Å²) < 4.78 is 47.3. The number of hydrogen-bond donors (Lipinski definition) is 0. The molecule has 1 aromatic heterocycles. The Morgan fingerprint density at radius 2 is 1.74 bits per heavy atom. The standard InChI is InChI=1S/C23H27F3N2O3/c1-22(2,3)31-21(30)28-18-11-7-4-8-14(18)15-12-13-27(20(29)23(24,25)26)17-10-6-5-9-16(17)19(15)28/h4,7-8,11,16-17H,5-6,9-10,12-13H2,1-3H3/t16-,17-/m0/s1. The maximum Gasteiger partial charge on any atom is 0.471 e. The normalized spacial score (nSPS) is 21.9. The van der Waals surface area contributed by atoms with Gasteiger partial charge < -0.3 is 9.64 Å². The summed E-state index contributed by atoms with van der Waals surface area (Å²) >= 11 is 0. The van der Waals surface area contributed by atoms with Crippen molar-refractivity contribution in [2.75, 3.05) is 6.54 Å². The van der Waals surface area contributed by atoms with Crippen molar-refractivity contribution in [2.24, 2.45) is 0 Å². The Hall–Kier alpha value is -2.51. The largest absolute Gasteiger partial charge is 0.471 e. The predicted molar refractivity (Wildman–Crippen MR) is 110 cm³/mol. The molecule has 5 nitrogen and oxygen atoms in total. The van der Waals surface area contributed by atoms with Gasteiger partial charge in [-0.3, -0.25) is 4.79 Å². The molecule has 4 rings (SSSR count). The molecule has 1 aliphatic heterocycles. The van der Waals surface area contributed by atoms with E-state index >= 15 is 0 Å². The van der Waals surface area contributed by atoms with Gasteiger partial charge in [-0.05, 0) is 51.7 Å². The minimum atomic E-state index is -4.92. The second-order valence-corrected chi connectivity index (χ2v) is 9.40. The number of carbonyl (C=O) groups is 2. The zero-order valence-electron chi connectivity index (χ0n) is 18.0. The fourth-order valence-electron chi connectivity index (χ4n) is 5.10. The summed E-state index contributed by atoms with van der Waals surface area (Å²) in [5.41, 5.74) is 1.53. The molecule has 1 amide bonds. The van der Waals surface area contributed by atoms with Gasteiger partial charge in [0.15, 0.2) is 0 Å². The molecule has 1 aliphatic carbocycles. The molecule has 0 bridgehead atoms. The lowest BCUT2D eigenvalue weighted by molar-refractivity contribution is -0.188. The van der Waals surface area contributed by atoms with Crippen molar-refractivity contribution >= 4 is 22.9 Å². The summed E-state index contributed by atoms with van der Waals surface area (Å²) in [6, 6.07) is 6.82. The zero-order chi connectivity index (χ0) is 22.6. The van der Waals surface area contributed by atoms with Crippen molar-refractivity contribution in [3.05, 3.63) is 35.5 Å². The number of fused-ring (bicyclic) bond motifs is 5. The number of hydrogen-bond acceptors (Lipinski definition) is 3. The van der Waals surface area contributed by atoms with E-state index in [0.29, 0.717) is 24.1 Å². The first-order valence-electron chi connectivity index (χ1n) is 10.7. The smallest absolute Gasteiger partial charge is 0.443 e. The average molecular weight is 436 g/mol. The molecule has 8 heteroatoms. The number of amides is 1. The van der Waals surface area contributed by atoms with E-state index in [1.165, 1.54) is 0 Å². The molecule has 0 spiro atoms. The lowest BCUT2D eigenvalue weighted by Gasteiger charge is -2.39. The number of rotatable bonds is 0. The Kier molecular flexibility index (Phi) is 5.30. The van der Waals surface area contributed by atoms with Crippen LogP contribution in [0.5, 0.6) is 0 Å². The summed E-state index contributed by atoms with van der Waals surface area (Å²) in [6.07, 6.45) is -2.49. The average Bonchev–Trinajstić information content (AvgIpc) is 2.91. The van der Waals surface area contributed by atoms with E-state index in [9.17, 15) is 22.8 Å². The van der Waals surface area contributed by atoms with Gasteiger partial charge in [-0.15, -0.1) is 0 Å². The number of para-hydroxylation sites is 1. The van der Waals surface area contributed by atoms with E-state index in [1.54, 1.807) is 25.3 Å². The number of nitrogens with zero attached hydrogens (tertiary/aromatic N) is 2. The van der Waals surface area contributed by atoms with E-state index in [2.05, 4.69) is 0 Å². The van der Waals surface area contributed by atoms with Crippen molar-refractivity contribution in [1.29, 1.82) is 0 Å². The van der Waals surface area contributed by atoms with Crippen LogP contribution in [0.1, 0.15) is 63.6 Å². The number of halogens is 3. The van der Waals surface area contributed by atoms with Crippen LogP contribution in [-0.4, -0.2) is 45.8 Å².